The second-order valence-corrected chi connectivity index (χ2v) is 22.9. The van der Waals surface area contributed by atoms with Crippen molar-refractivity contribution in [2.75, 3.05) is 13.1 Å². The SMILES string of the molecule is C=C(Br)CN(C/C=[CH]\[Sn]([CH2]CCC)([CH2]CCC)[CH2]CCC)C1CCCCC1. The number of unbranched alkanes of at least 4 members (excludes halogenated alkanes) is 3. The molecule has 158 valence electrons. The average Bonchev–Trinajstić information content (AvgIpc) is 2.68. The molecule has 1 fully saturated rings. The fourth-order valence-corrected chi connectivity index (χ4v) is 19.3. The molecule has 1 saturated carbocycles. The topological polar surface area (TPSA) is 3.24 Å². The van der Waals surface area contributed by atoms with Crippen molar-refractivity contribution in [1.29, 1.82) is 0 Å². The first-order valence-electron chi connectivity index (χ1n) is 11.8. The van der Waals surface area contributed by atoms with Gasteiger partial charge in [-0.2, -0.15) is 0 Å². The summed E-state index contributed by atoms with van der Waals surface area (Å²) < 4.78 is 8.73. The van der Waals surface area contributed by atoms with Crippen molar-refractivity contribution in [1.82, 2.24) is 4.90 Å². The summed E-state index contributed by atoms with van der Waals surface area (Å²) >= 11 is 1.51. The first-order valence-corrected chi connectivity index (χ1v) is 20.3. The van der Waals surface area contributed by atoms with E-state index >= 15 is 0 Å². The van der Waals surface area contributed by atoms with Crippen LogP contribution >= 0.6 is 15.9 Å². The summed E-state index contributed by atoms with van der Waals surface area (Å²) in [6, 6.07) is 0.768. The van der Waals surface area contributed by atoms with Gasteiger partial charge in [-0.15, -0.1) is 0 Å². The predicted octanol–water partition coefficient (Wildman–Crippen LogP) is 8.47. The molecule has 0 aromatic heterocycles. The first kappa shape index (κ1) is 25.8. The molecule has 27 heavy (non-hydrogen) atoms. The zero-order chi connectivity index (χ0) is 20.0. The molecule has 3 heteroatoms. The van der Waals surface area contributed by atoms with Gasteiger partial charge < -0.3 is 0 Å². The summed E-state index contributed by atoms with van der Waals surface area (Å²) in [5.41, 5.74) is 0. The molecule has 1 aliphatic rings. The quantitative estimate of drug-likeness (QED) is 0.186. The molecule has 1 rings (SSSR count). The van der Waals surface area contributed by atoms with Crippen LogP contribution in [-0.4, -0.2) is 42.4 Å². The molecule has 0 bridgehead atoms. The molecule has 0 N–H and O–H groups in total. The fourth-order valence-electron chi connectivity index (χ4n) is 4.66. The molecule has 0 radical (unpaired) electrons. The van der Waals surface area contributed by atoms with Gasteiger partial charge in [0.05, 0.1) is 0 Å². The maximum absolute atomic E-state index is 4.13. The fraction of sp³-hybridized carbons (Fsp3) is 0.833. The van der Waals surface area contributed by atoms with Crippen molar-refractivity contribution in [2.24, 2.45) is 0 Å². The van der Waals surface area contributed by atoms with E-state index in [-0.39, 0.29) is 0 Å². The Hall–Kier alpha value is 0.719. The molecular weight excluding hydrogens is 501 g/mol. The molecule has 0 unspecified atom stereocenters. The van der Waals surface area contributed by atoms with Gasteiger partial charge in [0.25, 0.3) is 0 Å². The van der Waals surface area contributed by atoms with Gasteiger partial charge in [-0.25, -0.2) is 0 Å². The third-order valence-corrected chi connectivity index (χ3v) is 20.9. The first-order chi connectivity index (χ1) is 13.1. The van der Waals surface area contributed by atoms with E-state index in [9.17, 15) is 0 Å². The molecule has 0 spiro atoms. The number of rotatable bonds is 15. The Bertz CT molecular complexity index is 393. The molecule has 1 aliphatic carbocycles. The zero-order valence-electron chi connectivity index (χ0n) is 18.6. The molecule has 0 heterocycles. The minimum absolute atomic E-state index is 0.768. The standard InChI is InChI=1S/C12H19BrN.3C4H9.Sn/c1-3-9-14(10-11(2)13)12-7-5-4-6-8-12;3*1-3-4-2;/h1,3,12H,2,4-10H2;3*1,3-4H2,2H3;. The van der Waals surface area contributed by atoms with E-state index in [0.717, 1.165) is 23.6 Å². The van der Waals surface area contributed by atoms with Gasteiger partial charge in [-0.3, -0.25) is 0 Å². The summed E-state index contributed by atoms with van der Waals surface area (Å²) in [6.45, 7) is 13.4. The zero-order valence-corrected chi connectivity index (χ0v) is 23.0. The van der Waals surface area contributed by atoms with Gasteiger partial charge in [-0.05, 0) is 0 Å². The van der Waals surface area contributed by atoms with Crippen LogP contribution in [0.4, 0.5) is 0 Å². The summed E-state index contributed by atoms with van der Waals surface area (Å²) in [6.07, 6.45) is 18.1. The van der Waals surface area contributed by atoms with Crippen molar-refractivity contribution in [3.05, 3.63) is 21.2 Å². The predicted molar refractivity (Wildman–Crippen MR) is 131 cm³/mol. The Balaban J connectivity index is 2.82. The second-order valence-electron chi connectivity index (χ2n) is 8.81. The van der Waals surface area contributed by atoms with Crippen LogP contribution in [0.2, 0.25) is 13.3 Å². The van der Waals surface area contributed by atoms with Crippen molar-refractivity contribution in [3.8, 4) is 0 Å². The summed E-state index contributed by atoms with van der Waals surface area (Å²) in [4.78, 5) is 2.70. The van der Waals surface area contributed by atoms with E-state index in [1.807, 2.05) is 0 Å². The van der Waals surface area contributed by atoms with Crippen molar-refractivity contribution >= 4 is 34.3 Å². The minimum atomic E-state index is -2.12. The third kappa shape index (κ3) is 10.9. The van der Waals surface area contributed by atoms with Gasteiger partial charge in [0.1, 0.15) is 0 Å². The molecule has 0 atom stereocenters. The van der Waals surface area contributed by atoms with Gasteiger partial charge in [0, 0.05) is 0 Å². The number of nitrogens with zero attached hydrogens (tertiary/aromatic N) is 1. The van der Waals surface area contributed by atoms with Crippen molar-refractivity contribution < 1.29 is 0 Å². The van der Waals surface area contributed by atoms with Gasteiger partial charge in [-0.1, -0.05) is 0 Å². The van der Waals surface area contributed by atoms with Crippen LogP contribution in [0.1, 0.15) is 91.4 Å². The van der Waals surface area contributed by atoms with Gasteiger partial charge in [0.15, 0.2) is 0 Å². The Morgan fingerprint density at radius 1 is 0.963 bits per heavy atom. The summed E-state index contributed by atoms with van der Waals surface area (Å²) in [5.74, 6) is 0. The Morgan fingerprint density at radius 2 is 1.48 bits per heavy atom. The number of halogens is 1. The Labute approximate surface area is 183 Å². The van der Waals surface area contributed by atoms with E-state index in [1.165, 1.54) is 70.6 Å². The Kier molecular flexibility index (Phi) is 14.8. The third-order valence-electron chi connectivity index (χ3n) is 6.36. The van der Waals surface area contributed by atoms with Crippen LogP contribution in [0.25, 0.3) is 0 Å². The molecule has 0 aromatic rings. The molecule has 0 amide bonds. The van der Waals surface area contributed by atoms with E-state index < -0.39 is 18.4 Å². The molecule has 0 aliphatic heterocycles. The van der Waals surface area contributed by atoms with E-state index in [4.69, 9.17) is 0 Å². The van der Waals surface area contributed by atoms with Crippen LogP contribution in [-0.2, 0) is 0 Å². The molecule has 0 aromatic carbocycles. The van der Waals surface area contributed by atoms with Crippen LogP contribution in [0.5, 0.6) is 0 Å². The molecule has 0 saturated heterocycles. The average molecular weight is 547 g/mol. The van der Waals surface area contributed by atoms with Crippen LogP contribution in [0.15, 0.2) is 21.2 Å². The van der Waals surface area contributed by atoms with Gasteiger partial charge >= 0.3 is 184 Å². The van der Waals surface area contributed by atoms with Crippen molar-refractivity contribution in [2.45, 2.75) is 111 Å². The summed E-state index contributed by atoms with van der Waals surface area (Å²) in [5, 5.41) is 0. The normalized spacial score (nSPS) is 16.5. The van der Waals surface area contributed by atoms with Crippen molar-refractivity contribution in [3.63, 3.8) is 0 Å². The second kappa shape index (κ2) is 15.5. The van der Waals surface area contributed by atoms with E-state index in [2.05, 4.69) is 58.3 Å². The number of hydrogen-bond acceptors (Lipinski definition) is 1. The van der Waals surface area contributed by atoms with E-state index in [1.54, 1.807) is 13.3 Å². The molecular formula is C24H46BrNSn. The van der Waals surface area contributed by atoms with Gasteiger partial charge in [0.2, 0.25) is 0 Å². The number of hydrogen-bond donors (Lipinski definition) is 0. The Morgan fingerprint density at radius 3 is 1.93 bits per heavy atom. The van der Waals surface area contributed by atoms with Crippen LogP contribution in [0.3, 0.4) is 0 Å². The maximum atomic E-state index is 4.13. The van der Waals surface area contributed by atoms with Crippen LogP contribution in [0, 0.1) is 0 Å². The monoisotopic (exact) mass is 547 g/mol. The van der Waals surface area contributed by atoms with Crippen LogP contribution < -0.4 is 0 Å². The van der Waals surface area contributed by atoms with E-state index in [0.29, 0.717) is 0 Å². The summed E-state index contributed by atoms with van der Waals surface area (Å²) in [7, 11) is 0. The molecule has 1 nitrogen and oxygen atoms in total.